The highest BCUT2D eigenvalue weighted by Crippen LogP contribution is 2.36. The first-order valence-electron chi connectivity index (χ1n) is 4.75. The quantitative estimate of drug-likeness (QED) is 0.821. The predicted octanol–water partition coefficient (Wildman–Crippen LogP) is 0.279. The van der Waals surface area contributed by atoms with Crippen LogP contribution >= 0.6 is 0 Å². The summed E-state index contributed by atoms with van der Waals surface area (Å²) in [5, 5.41) is 5.09. The van der Waals surface area contributed by atoms with Crippen LogP contribution in [0, 0.1) is 0 Å². The van der Waals surface area contributed by atoms with E-state index in [1.165, 1.54) is 19.4 Å². The number of hydrogen-bond acceptors (Lipinski definition) is 5. The molecule has 16 heavy (non-hydrogen) atoms. The number of primary sulfonamides is 1. The second-order valence-electron chi connectivity index (χ2n) is 3.51. The van der Waals surface area contributed by atoms with Gasteiger partial charge in [0.15, 0.2) is 0 Å². The van der Waals surface area contributed by atoms with E-state index in [0.29, 0.717) is 0 Å². The molecule has 0 aromatic carbocycles. The molecule has 0 amide bonds. The van der Waals surface area contributed by atoms with Crippen molar-refractivity contribution in [1.82, 2.24) is 4.98 Å². The molecule has 0 saturated heterocycles. The number of methoxy groups -OCH3 is 1. The minimum Gasteiger partial charge on any atom is -0.484 e. The van der Waals surface area contributed by atoms with Crippen LogP contribution in [0.2, 0.25) is 0 Å². The van der Waals surface area contributed by atoms with Crippen molar-refractivity contribution >= 4 is 10.0 Å². The Morgan fingerprint density at radius 2 is 2.19 bits per heavy atom. The third-order valence-electron chi connectivity index (χ3n) is 2.14. The SMILES string of the molecule is COc1nccc(S(N)(=O)=O)c1OC1CC1. The van der Waals surface area contributed by atoms with Gasteiger partial charge in [-0.15, -0.1) is 0 Å². The first kappa shape index (κ1) is 11.2. The second kappa shape index (κ2) is 3.91. The Kier molecular flexibility index (Phi) is 2.73. The summed E-state index contributed by atoms with van der Waals surface area (Å²) in [6.07, 6.45) is 3.17. The summed E-state index contributed by atoms with van der Waals surface area (Å²) >= 11 is 0. The van der Waals surface area contributed by atoms with Gasteiger partial charge in [0, 0.05) is 6.20 Å². The molecule has 7 heteroatoms. The van der Waals surface area contributed by atoms with E-state index in [1.54, 1.807) is 0 Å². The minimum atomic E-state index is -3.83. The van der Waals surface area contributed by atoms with E-state index in [9.17, 15) is 8.42 Å². The minimum absolute atomic E-state index is 0.0404. The van der Waals surface area contributed by atoms with E-state index >= 15 is 0 Å². The Balaban J connectivity index is 2.49. The molecule has 0 bridgehead atoms. The first-order chi connectivity index (χ1) is 7.52. The van der Waals surface area contributed by atoms with Gasteiger partial charge in [-0.25, -0.2) is 18.5 Å². The van der Waals surface area contributed by atoms with Gasteiger partial charge in [-0.3, -0.25) is 0 Å². The highest BCUT2D eigenvalue weighted by molar-refractivity contribution is 7.89. The Morgan fingerprint density at radius 1 is 1.50 bits per heavy atom. The van der Waals surface area contributed by atoms with Gasteiger partial charge in [-0.2, -0.15) is 0 Å². The maximum atomic E-state index is 11.3. The summed E-state index contributed by atoms with van der Waals surface area (Å²) in [5.41, 5.74) is 0. The molecule has 1 aromatic heterocycles. The van der Waals surface area contributed by atoms with Crippen LogP contribution in [0.5, 0.6) is 11.6 Å². The van der Waals surface area contributed by atoms with Crippen LogP contribution in [0.4, 0.5) is 0 Å². The Morgan fingerprint density at radius 3 is 2.69 bits per heavy atom. The summed E-state index contributed by atoms with van der Waals surface area (Å²) in [5.74, 6) is 0.244. The maximum absolute atomic E-state index is 11.3. The number of ether oxygens (including phenoxy) is 2. The Bertz CT molecular complexity index is 496. The summed E-state index contributed by atoms with van der Waals surface area (Å²) in [4.78, 5) is 3.79. The lowest BCUT2D eigenvalue weighted by Gasteiger charge is -2.11. The van der Waals surface area contributed by atoms with Gasteiger partial charge in [0.05, 0.1) is 13.2 Å². The zero-order valence-electron chi connectivity index (χ0n) is 8.71. The highest BCUT2D eigenvalue weighted by Gasteiger charge is 2.29. The zero-order chi connectivity index (χ0) is 11.8. The molecule has 2 rings (SSSR count). The number of pyridine rings is 1. The summed E-state index contributed by atoms with van der Waals surface area (Å²) in [6, 6.07) is 1.30. The van der Waals surface area contributed by atoms with Crippen molar-refractivity contribution in [2.45, 2.75) is 23.8 Å². The molecular formula is C9H12N2O4S. The van der Waals surface area contributed by atoms with Crippen LogP contribution in [0.3, 0.4) is 0 Å². The standard InChI is InChI=1S/C9H12N2O4S/c1-14-9-8(15-6-2-3-6)7(4-5-11-9)16(10,12)13/h4-6H,2-3H2,1H3,(H2,10,12,13). The Hall–Kier alpha value is -1.34. The molecule has 88 valence electrons. The summed E-state index contributed by atoms with van der Waals surface area (Å²) in [6.45, 7) is 0. The fourth-order valence-corrected chi connectivity index (χ4v) is 1.89. The number of rotatable bonds is 4. The van der Waals surface area contributed by atoms with Gasteiger partial charge in [0.25, 0.3) is 5.88 Å². The van der Waals surface area contributed by atoms with Crippen LogP contribution in [-0.2, 0) is 10.0 Å². The van der Waals surface area contributed by atoms with Gasteiger partial charge >= 0.3 is 0 Å². The Labute approximate surface area is 93.4 Å². The largest absolute Gasteiger partial charge is 0.484 e. The van der Waals surface area contributed by atoms with E-state index < -0.39 is 10.0 Å². The van der Waals surface area contributed by atoms with Crippen molar-refractivity contribution in [2.24, 2.45) is 5.14 Å². The van der Waals surface area contributed by atoms with E-state index in [1.807, 2.05) is 0 Å². The topological polar surface area (TPSA) is 91.5 Å². The first-order valence-corrected chi connectivity index (χ1v) is 6.29. The molecule has 1 aliphatic carbocycles. The predicted molar refractivity (Wildman–Crippen MR) is 55.8 cm³/mol. The van der Waals surface area contributed by atoms with Crippen LogP contribution < -0.4 is 14.6 Å². The smallest absolute Gasteiger partial charge is 0.258 e. The van der Waals surface area contributed by atoms with Crippen molar-refractivity contribution in [3.8, 4) is 11.6 Å². The van der Waals surface area contributed by atoms with Crippen molar-refractivity contribution in [3.63, 3.8) is 0 Å². The normalized spacial score (nSPS) is 15.9. The fourth-order valence-electron chi connectivity index (χ4n) is 1.24. The van der Waals surface area contributed by atoms with Crippen LogP contribution in [-0.4, -0.2) is 26.6 Å². The number of aromatic nitrogens is 1. The number of nitrogens with zero attached hydrogens (tertiary/aromatic N) is 1. The van der Waals surface area contributed by atoms with E-state index in [-0.39, 0.29) is 22.6 Å². The van der Waals surface area contributed by atoms with Crippen molar-refractivity contribution in [3.05, 3.63) is 12.3 Å². The lowest BCUT2D eigenvalue weighted by molar-refractivity contribution is 0.269. The molecule has 1 saturated carbocycles. The number of sulfonamides is 1. The molecule has 1 aliphatic rings. The summed E-state index contributed by atoms with van der Waals surface area (Å²) < 4.78 is 33.1. The molecule has 0 atom stereocenters. The highest BCUT2D eigenvalue weighted by atomic mass is 32.2. The molecule has 0 unspecified atom stereocenters. The average molecular weight is 244 g/mol. The lowest BCUT2D eigenvalue weighted by atomic mass is 10.4. The van der Waals surface area contributed by atoms with E-state index in [4.69, 9.17) is 14.6 Å². The van der Waals surface area contributed by atoms with Crippen LogP contribution in [0.1, 0.15) is 12.8 Å². The summed E-state index contributed by atoms with van der Waals surface area (Å²) in [7, 11) is -2.43. The fraction of sp³-hybridized carbons (Fsp3) is 0.444. The average Bonchev–Trinajstić information content (AvgIpc) is 3.00. The number of nitrogens with two attached hydrogens (primary N) is 1. The molecule has 6 nitrogen and oxygen atoms in total. The van der Waals surface area contributed by atoms with Gasteiger partial charge in [-0.1, -0.05) is 0 Å². The molecule has 1 aromatic rings. The third-order valence-corrected chi connectivity index (χ3v) is 3.08. The maximum Gasteiger partial charge on any atom is 0.258 e. The van der Waals surface area contributed by atoms with E-state index in [0.717, 1.165) is 12.8 Å². The van der Waals surface area contributed by atoms with Gasteiger partial charge in [-0.05, 0) is 18.9 Å². The van der Waals surface area contributed by atoms with Crippen molar-refractivity contribution in [2.75, 3.05) is 7.11 Å². The lowest BCUT2D eigenvalue weighted by Crippen LogP contribution is -2.15. The van der Waals surface area contributed by atoms with E-state index in [2.05, 4.69) is 4.98 Å². The van der Waals surface area contributed by atoms with Crippen LogP contribution in [0.25, 0.3) is 0 Å². The van der Waals surface area contributed by atoms with Crippen LogP contribution in [0.15, 0.2) is 17.2 Å². The van der Waals surface area contributed by atoms with Gasteiger partial charge < -0.3 is 9.47 Å². The molecule has 0 aliphatic heterocycles. The zero-order valence-corrected chi connectivity index (χ0v) is 9.53. The molecule has 0 radical (unpaired) electrons. The molecule has 0 spiro atoms. The van der Waals surface area contributed by atoms with Gasteiger partial charge in [0.1, 0.15) is 4.90 Å². The molecule has 2 N–H and O–H groups in total. The van der Waals surface area contributed by atoms with Crippen molar-refractivity contribution < 1.29 is 17.9 Å². The molecular weight excluding hydrogens is 232 g/mol. The molecule has 1 heterocycles. The third kappa shape index (κ3) is 2.25. The van der Waals surface area contributed by atoms with Crippen molar-refractivity contribution in [1.29, 1.82) is 0 Å². The van der Waals surface area contributed by atoms with Gasteiger partial charge in [0.2, 0.25) is 15.8 Å². The monoisotopic (exact) mass is 244 g/mol. The number of hydrogen-bond donors (Lipinski definition) is 1. The second-order valence-corrected chi connectivity index (χ2v) is 5.04. The molecule has 1 fully saturated rings.